The van der Waals surface area contributed by atoms with E-state index in [1.165, 1.54) is 6.92 Å². The van der Waals surface area contributed by atoms with Crippen LogP contribution >= 0.6 is 11.3 Å². The molecule has 6 nitrogen and oxygen atoms in total. The van der Waals surface area contributed by atoms with Crippen LogP contribution in [0.3, 0.4) is 0 Å². The Morgan fingerprint density at radius 1 is 1.19 bits per heavy atom. The van der Waals surface area contributed by atoms with Crippen LogP contribution in [0.1, 0.15) is 35.0 Å². The number of thiophene rings is 1. The first-order valence-corrected chi connectivity index (χ1v) is 9.79. The molecule has 1 aliphatic rings. The Bertz CT molecular complexity index is 811. The van der Waals surface area contributed by atoms with Gasteiger partial charge in [0.2, 0.25) is 5.91 Å². The molecule has 1 saturated heterocycles. The van der Waals surface area contributed by atoms with E-state index in [9.17, 15) is 14.4 Å². The number of hydrogen-bond donors (Lipinski definition) is 1. The van der Waals surface area contributed by atoms with E-state index in [2.05, 4.69) is 5.32 Å². The van der Waals surface area contributed by atoms with Gasteiger partial charge in [-0.05, 0) is 42.5 Å². The van der Waals surface area contributed by atoms with Gasteiger partial charge < -0.3 is 15.0 Å². The van der Waals surface area contributed by atoms with E-state index in [1.807, 2.05) is 22.4 Å². The summed E-state index contributed by atoms with van der Waals surface area (Å²) >= 11 is 1.59. The van der Waals surface area contributed by atoms with Crippen LogP contribution in [-0.4, -0.2) is 41.8 Å². The minimum absolute atomic E-state index is 0.0284. The maximum Gasteiger partial charge on any atom is 0.308 e. The molecule has 7 heteroatoms. The van der Waals surface area contributed by atoms with Crippen LogP contribution in [0.4, 0.5) is 0 Å². The molecule has 0 unspecified atom stereocenters. The molecule has 142 valence electrons. The molecule has 1 aromatic heterocycles. The van der Waals surface area contributed by atoms with Crippen molar-refractivity contribution in [3.8, 4) is 5.75 Å². The number of likely N-dealkylation sites (tertiary alicyclic amines) is 1. The maximum absolute atomic E-state index is 12.4. The Kier molecular flexibility index (Phi) is 6.24. The second-order valence-corrected chi connectivity index (χ2v) is 7.54. The average molecular weight is 386 g/mol. The summed E-state index contributed by atoms with van der Waals surface area (Å²) in [5.74, 6) is -0.139. The summed E-state index contributed by atoms with van der Waals surface area (Å²) in [5, 5.41) is 4.98. The number of nitrogens with one attached hydrogen (secondary N) is 1. The molecule has 27 heavy (non-hydrogen) atoms. The van der Waals surface area contributed by atoms with Crippen molar-refractivity contribution in [3.63, 3.8) is 0 Å². The number of carbonyl (C=O) groups excluding carboxylic acids is 3. The molecule has 2 heterocycles. The molecule has 0 atom stereocenters. The predicted molar refractivity (Wildman–Crippen MR) is 103 cm³/mol. The molecular weight excluding hydrogens is 364 g/mol. The van der Waals surface area contributed by atoms with Crippen LogP contribution in [0.2, 0.25) is 0 Å². The fourth-order valence-corrected chi connectivity index (χ4v) is 3.78. The molecule has 1 aliphatic heterocycles. The number of benzene rings is 1. The van der Waals surface area contributed by atoms with Gasteiger partial charge in [-0.25, -0.2) is 0 Å². The van der Waals surface area contributed by atoms with Crippen molar-refractivity contribution in [2.75, 3.05) is 13.1 Å². The Balaban J connectivity index is 1.49. The molecule has 1 fully saturated rings. The first kappa shape index (κ1) is 19.1. The number of ether oxygens (including phenoxy) is 1. The van der Waals surface area contributed by atoms with Gasteiger partial charge in [0.1, 0.15) is 5.75 Å². The van der Waals surface area contributed by atoms with Gasteiger partial charge in [-0.3, -0.25) is 14.4 Å². The van der Waals surface area contributed by atoms with Gasteiger partial charge in [0, 0.05) is 36.5 Å². The molecular formula is C20H22N2O4S. The van der Waals surface area contributed by atoms with Crippen LogP contribution < -0.4 is 10.1 Å². The highest BCUT2D eigenvalue weighted by atomic mass is 32.1. The Morgan fingerprint density at radius 3 is 2.63 bits per heavy atom. The van der Waals surface area contributed by atoms with Crippen molar-refractivity contribution >= 4 is 29.1 Å². The number of rotatable bonds is 5. The highest BCUT2D eigenvalue weighted by Gasteiger charge is 2.24. The minimum atomic E-state index is -0.424. The van der Waals surface area contributed by atoms with E-state index in [1.54, 1.807) is 35.6 Å². The highest BCUT2D eigenvalue weighted by molar-refractivity contribution is 7.10. The lowest BCUT2D eigenvalue weighted by atomic mass is 10.0. The summed E-state index contributed by atoms with van der Waals surface area (Å²) in [4.78, 5) is 38.8. The van der Waals surface area contributed by atoms with E-state index in [0.717, 1.165) is 17.7 Å². The first-order valence-electron chi connectivity index (χ1n) is 8.91. The van der Waals surface area contributed by atoms with Gasteiger partial charge in [0.15, 0.2) is 0 Å². The smallest absolute Gasteiger partial charge is 0.308 e. The Morgan fingerprint density at radius 2 is 1.96 bits per heavy atom. The molecule has 2 aromatic rings. The van der Waals surface area contributed by atoms with Crippen molar-refractivity contribution in [3.05, 3.63) is 52.2 Å². The highest BCUT2D eigenvalue weighted by Crippen LogP contribution is 2.17. The second-order valence-electron chi connectivity index (χ2n) is 6.51. The lowest BCUT2D eigenvalue weighted by molar-refractivity contribution is -0.132. The number of amides is 2. The van der Waals surface area contributed by atoms with Gasteiger partial charge >= 0.3 is 5.97 Å². The SMILES string of the molecule is CC(=O)Oc1cccc(C(=O)NC2CCN(C(=O)Cc3cccs3)CC2)c1. The summed E-state index contributed by atoms with van der Waals surface area (Å²) < 4.78 is 5.02. The molecule has 0 bridgehead atoms. The Hall–Kier alpha value is -2.67. The molecule has 0 spiro atoms. The van der Waals surface area contributed by atoms with Gasteiger partial charge in [-0.2, -0.15) is 0 Å². The topological polar surface area (TPSA) is 75.7 Å². The summed E-state index contributed by atoms with van der Waals surface area (Å²) in [7, 11) is 0. The largest absolute Gasteiger partial charge is 0.427 e. The lowest BCUT2D eigenvalue weighted by Gasteiger charge is -2.32. The number of hydrogen-bond acceptors (Lipinski definition) is 5. The number of esters is 1. The predicted octanol–water partition coefficient (Wildman–Crippen LogP) is 2.64. The number of nitrogens with zero attached hydrogens (tertiary/aromatic N) is 1. The van der Waals surface area contributed by atoms with Crippen molar-refractivity contribution in [2.45, 2.75) is 32.2 Å². The molecule has 0 saturated carbocycles. The molecule has 0 aliphatic carbocycles. The molecule has 3 rings (SSSR count). The fraction of sp³-hybridized carbons (Fsp3) is 0.350. The average Bonchev–Trinajstić information content (AvgIpc) is 3.15. The standard InChI is InChI=1S/C20H22N2O4S/c1-14(23)26-17-5-2-4-15(12-17)20(25)21-16-7-9-22(10-8-16)19(24)13-18-6-3-11-27-18/h2-6,11-12,16H,7-10,13H2,1H3,(H,21,25). The number of piperidine rings is 1. The molecule has 2 amide bonds. The van der Waals surface area contributed by atoms with E-state index >= 15 is 0 Å². The zero-order valence-electron chi connectivity index (χ0n) is 15.1. The molecule has 0 radical (unpaired) electrons. The summed E-state index contributed by atoms with van der Waals surface area (Å²) in [6.07, 6.45) is 1.90. The third kappa shape index (κ3) is 5.40. The maximum atomic E-state index is 12.4. The second kappa shape index (κ2) is 8.81. The van der Waals surface area contributed by atoms with Crippen LogP contribution in [0, 0.1) is 0 Å². The molecule has 1 N–H and O–H groups in total. The summed E-state index contributed by atoms with van der Waals surface area (Å²) in [5.41, 5.74) is 0.449. The van der Waals surface area contributed by atoms with Crippen molar-refractivity contribution in [1.82, 2.24) is 10.2 Å². The Labute approximate surface area is 162 Å². The van der Waals surface area contributed by atoms with E-state index in [0.29, 0.717) is 30.8 Å². The zero-order valence-corrected chi connectivity index (χ0v) is 16.0. The monoisotopic (exact) mass is 386 g/mol. The summed E-state index contributed by atoms with van der Waals surface area (Å²) in [6.45, 7) is 2.60. The normalized spacial score (nSPS) is 14.6. The number of carbonyl (C=O) groups is 3. The molecule has 1 aromatic carbocycles. The van der Waals surface area contributed by atoms with Crippen molar-refractivity contribution in [1.29, 1.82) is 0 Å². The minimum Gasteiger partial charge on any atom is -0.427 e. The lowest BCUT2D eigenvalue weighted by Crippen LogP contribution is -2.46. The van der Waals surface area contributed by atoms with Crippen LogP contribution in [0.15, 0.2) is 41.8 Å². The van der Waals surface area contributed by atoms with Gasteiger partial charge in [-0.15, -0.1) is 11.3 Å². The summed E-state index contributed by atoms with van der Waals surface area (Å²) in [6, 6.07) is 10.5. The third-order valence-corrected chi connectivity index (χ3v) is 5.32. The van der Waals surface area contributed by atoms with Crippen molar-refractivity contribution < 1.29 is 19.1 Å². The third-order valence-electron chi connectivity index (χ3n) is 4.45. The first-order chi connectivity index (χ1) is 13.0. The quantitative estimate of drug-likeness (QED) is 0.633. The van der Waals surface area contributed by atoms with Gasteiger partial charge in [0.25, 0.3) is 5.91 Å². The van der Waals surface area contributed by atoms with E-state index < -0.39 is 5.97 Å². The zero-order chi connectivity index (χ0) is 19.2. The van der Waals surface area contributed by atoms with Gasteiger partial charge in [-0.1, -0.05) is 12.1 Å². The van der Waals surface area contributed by atoms with Crippen LogP contribution in [0.25, 0.3) is 0 Å². The fourth-order valence-electron chi connectivity index (χ4n) is 3.08. The van der Waals surface area contributed by atoms with Gasteiger partial charge in [0.05, 0.1) is 6.42 Å². The van der Waals surface area contributed by atoms with Crippen molar-refractivity contribution in [2.24, 2.45) is 0 Å². The van der Waals surface area contributed by atoms with Crippen LogP contribution in [-0.2, 0) is 16.0 Å². The van der Waals surface area contributed by atoms with Crippen LogP contribution in [0.5, 0.6) is 5.75 Å². The van der Waals surface area contributed by atoms with E-state index in [4.69, 9.17) is 4.74 Å². The van der Waals surface area contributed by atoms with E-state index in [-0.39, 0.29) is 17.9 Å².